The maximum atomic E-state index is 12.9. The third-order valence-electron chi connectivity index (χ3n) is 3.59. The summed E-state index contributed by atoms with van der Waals surface area (Å²) in [7, 11) is 0. The zero-order valence-electron chi connectivity index (χ0n) is 14.9. The Morgan fingerprint density at radius 1 is 1.04 bits per heavy atom. The summed E-state index contributed by atoms with van der Waals surface area (Å²) in [6.07, 6.45) is 0. The molecule has 1 aromatic heterocycles. The van der Waals surface area contributed by atoms with Gasteiger partial charge in [-0.1, -0.05) is 23.5 Å². The maximum Gasteiger partial charge on any atom is 0.257 e. The Labute approximate surface area is 169 Å². The normalized spacial score (nSPS) is 10.5. The van der Waals surface area contributed by atoms with Crippen LogP contribution in [0.2, 0.25) is 0 Å². The van der Waals surface area contributed by atoms with Gasteiger partial charge < -0.3 is 5.32 Å². The van der Waals surface area contributed by atoms with Crippen LogP contribution in [0.15, 0.2) is 48.5 Å². The SMILES string of the molecule is Cc1nnc(NC(=O)c2ccc(CSCC(=O)Nc3ccc(F)cc3)cc2)s1. The van der Waals surface area contributed by atoms with Crippen LogP contribution in [0.5, 0.6) is 0 Å². The van der Waals surface area contributed by atoms with E-state index in [2.05, 4.69) is 20.8 Å². The molecule has 0 saturated carbocycles. The summed E-state index contributed by atoms with van der Waals surface area (Å²) in [5, 5.41) is 14.4. The number of benzene rings is 2. The topological polar surface area (TPSA) is 84.0 Å². The minimum atomic E-state index is -0.345. The van der Waals surface area contributed by atoms with E-state index >= 15 is 0 Å². The molecule has 2 amide bonds. The monoisotopic (exact) mass is 416 g/mol. The summed E-state index contributed by atoms with van der Waals surface area (Å²) < 4.78 is 12.9. The molecule has 0 aliphatic carbocycles. The molecule has 0 saturated heterocycles. The van der Waals surface area contributed by atoms with Crippen molar-refractivity contribution in [1.29, 1.82) is 0 Å². The molecule has 144 valence electrons. The molecule has 3 aromatic rings. The van der Waals surface area contributed by atoms with Gasteiger partial charge in [0.2, 0.25) is 11.0 Å². The van der Waals surface area contributed by atoms with Gasteiger partial charge in [-0.15, -0.1) is 22.0 Å². The van der Waals surface area contributed by atoms with Crippen LogP contribution >= 0.6 is 23.1 Å². The first-order valence-electron chi connectivity index (χ1n) is 8.33. The number of halogens is 1. The van der Waals surface area contributed by atoms with Crippen LogP contribution in [0, 0.1) is 12.7 Å². The number of nitrogens with one attached hydrogen (secondary N) is 2. The molecule has 0 spiro atoms. The molecule has 0 aliphatic heterocycles. The van der Waals surface area contributed by atoms with Crippen molar-refractivity contribution in [2.24, 2.45) is 0 Å². The summed E-state index contributed by atoms with van der Waals surface area (Å²) in [5.74, 6) is 0.168. The van der Waals surface area contributed by atoms with E-state index in [0.29, 0.717) is 22.1 Å². The second-order valence-electron chi connectivity index (χ2n) is 5.83. The van der Waals surface area contributed by atoms with Gasteiger partial charge in [-0.05, 0) is 48.9 Å². The lowest BCUT2D eigenvalue weighted by Crippen LogP contribution is -2.14. The number of thioether (sulfide) groups is 1. The van der Waals surface area contributed by atoms with E-state index in [1.165, 1.54) is 47.4 Å². The Morgan fingerprint density at radius 2 is 1.75 bits per heavy atom. The first kappa shape index (κ1) is 20.0. The number of carbonyl (C=O) groups is 2. The van der Waals surface area contributed by atoms with Crippen molar-refractivity contribution >= 4 is 45.7 Å². The first-order valence-corrected chi connectivity index (χ1v) is 10.3. The third-order valence-corrected chi connectivity index (χ3v) is 5.35. The summed E-state index contributed by atoms with van der Waals surface area (Å²) in [5.41, 5.74) is 2.09. The number of aryl methyl sites for hydroxylation is 1. The van der Waals surface area contributed by atoms with E-state index in [1.807, 2.05) is 19.1 Å². The number of amides is 2. The predicted molar refractivity (Wildman–Crippen MR) is 110 cm³/mol. The number of hydrogen-bond acceptors (Lipinski definition) is 6. The van der Waals surface area contributed by atoms with Crippen molar-refractivity contribution in [3.05, 3.63) is 70.5 Å². The largest absolute Gasteiger partial charge is 0.325 e. The number of anilines is 2. The molecule has 3 rings (SSSR count). The van der Waals surface area contributed by atoms with Crippen molar-refractivity contribution in [3.8, 4) is 0 Å². The summed E-state index contributed by atoms with van der Waals surface area (Å²) in [4.78, 5) is 24.1. The Kier molecular flexibility index (Phi) is 6.72. The summed E-state index contributed by atoms with van der Waals surface area (Å²) >= 11 is 2.77. The number of aromatic nitrogens is 2. The minimum Gasteiger partial charge on any atom is -0.325 e. The lowest BCUT2D eigenvalue weighted by Gasteiger charge is -2.06. The second-order valence-corrected chi connectivity index (χ2v) is 7.99. The quantitative estimate of drug-likeness (QED) is 0.606. The highest BCUT2D eigenvalue weighted by Gasteiger charge is 2.09. The highest BCUT2D eigenvalue weighted by molar-refractivity contribution is 7.99. The molecule has 28 heavy (non-hydrogen) atoms. The molecule has 0 radical (unpaired) electrons. The van der Waals surface area contributed by atoms with Gasteiger partial charge in [0.1, 0.15) is 10.8 Å². The fourth-order valence-corrected chi connectivity index (χ4v) is 3.64. The van der Waals surface area contributed by atoms with Gasteiger partial charge in [-0.2, -0.15) is 0 Å². The molecule has 0 unspecified atom stereocenters. The van der Waals surface area contributed by atoms with E-state index < -0.39 is 0 Å². The average molecular weight is 417 g/mol. The van der Waals surface area contributed by atoms with Crippen LogP contribution in [0.25, 0.3) is 0 Å². The predicted octanol–water partition coefficient (Wildman–Crippen LogP) is 4.11. The standard InChI is InChI=1S/C19H17FN4O2S2/c1-12-23-24-19(28-12)22-18(26)14-4-2-13(3-5-14)10-27-11-17(25)21-16-8-6-15(20)7-9-16/h2-9H,10-11H2,1H3,(H,21,25)(H,22,24,26). The van der Waals surface area contributed by atoms with Gasteiger partial charge in [0.25, 0.3) is 5.91 Å². The smallest absolute Gasteiger partial charge is 0.257 e. The lowest BCUT2D eigenvalue weighted by atomic mass is 10.1. The molecule has 0 atom stereocenters. The maximum absolute atomic E-state index is 12.9. The lowest BCUT2D eigenvalue weighted by molar-refractivity contribution is -0.113. The van der Waals surface area contributed by atoms with E-state index in [9.17, 15) is 14.0 Å². The number of rotatable bonds is 7. The summed E-state index contributed by atoms with van der Waals surface area (Å²) in [6.45, 7) is 1.82. The summed E-state index contributed by atoms with van der Waals surface area (Å²) in [6, 6.07) is 12.8. The minimum absolute atomic E-state index is 0.153. The molecule has 0 bridgehead atoms. The third kappa shape index (κ3) is 5.86. The van der Waals surface area contributed by atoms with Crippen molar-refractivity contribution in [1.82, 2.24) is 10.2 Å². The molecule has 1 heterocycles. The second kappa shape index (κ2) is 9.43. The Balaban J connectivity index is 1.44. The molecule has 6 nitrogen and oxygen atoms in total. The van der Waals surface area contributed by atoms with Gasteiger partial charge in [-0.3, -0.25) is 14.9 Å². The van der Waals surface area contributed by atoms with Crippen molar-refractivity contribution in [2.75, 3.05) is 16.4 Å². The highest BCUT2D eigenvalue weighted by Crippen LogP contribution is 2.17. The molecule has 2 aromatic carbocycles. The van der Waals surface area contributed by atoms with Gasteiger partial charge in [0.05, 0.1) is 5.75 Å². The van der Waals surface area contributed by atoms with Crippen molar-refractivity contribution in [3.63, 3.8) is 0 Å². The first-order chi connectivity index (χ1) is 13.5. The average Bonchev–Trinajstić information content (AvgIpc) is 3.09. The van der Waals surface area contributed by atoms with Crippen LogP contribution in [0.1, 0.15) is 20.9 Å². The van der Waals surface area contributed by atoms with E-state index in [0.717, 1.165) is 10.6 Å². The van der Waals surface area contributed by atoms with Gasteiger partial charge in [-0.25, -0.2) is 4.39 Å². The van der Waals surface area contributed by atoms with Crippen LogP contribution in [-0.2, 0) is 10.5 Å². The zero-order chi connectivity index (χ0) is 19.9. The number of hydrogen-bond donors (Lipinski definition) is 2. The Bertz CT molecular complexity index is 959. The van der Waals surface area contributed by atoms with Gasteiger partial charge in [0, 0.05) is 17.0 Å². The van der Waals surface area contributed by atoms with Crippen LogP contribution in [-0.4, -0.2) is 27.8 Å². The molecular formula is C19H17FN4O2S2. The zero-order valence-corrected chi connectivity index (χ0v) is 16.6. The van der Waals surface area contributed by atoms with Gasteiger partial charge >= 0.3 is 0 Å². The molecule has 9 heteroatoms. The Hall–Kier alpha value is -2.78. The Morgan fingerprint density at radius 3 is 2.39 bits per heavy atom. The number of carbonyl (C=O) groups excluding carboxylic acids is 2. The van der Waals surface area contributed by atoms with Crippen molar-refractivity contribution in [2.45, 2.75) is 12.7 Å². The fraction of sp³-hybridized carbons (Fsp3) is 0.158. The molecule has 2 N–H and O–H groups in total. The molecule has 0 fully saturated rings. The van der Waals surface area contributed by atoms with E-state index in [4.69, 9.17) is 0 Å². The number of nitrogens with zero attached hydrogens (tertiary/aromatic N) is 2. The van der Waals surface area contributed by atoms with E-state index in [-0.39, 0.29) is 23.4 Å². The molecule has 0 aliphatic rings. The van der Waals surface area contributed by atoms with Gasteiger partial charge in [0.15, 0.2) is 0 Å². The van der Waals surface area contributed by atoms with Crippen molar-refractivity contribution < 1.29 is 14.0 Å². The van der Waals surface area contributed by atoms with Crippen LogP contribution < -0.4 is 10.6 Å². The molecular weight excluding hydrogens is 399 g/mol. The van der Waals surface area contributed by atoms with E-state index in [1.54, 1.807) is 12.1 Å². The fourth-order valence-electron chi connectivity index (χ4n) is 2.26. The highest BCUT2D eigenvalue weighted by atomic mass is 32.2. The van der Waals surface area contributed by atoms with Crippen LogP contribution in [0.4, 0.5) is 15.2 Å². The van der Waals surface area contributed by atoms with Crippen LogP contribution in [0.3, 0.4) is 0 Å².